The molecular weight excluding hydrogens is 395 g/mol. The van der Waals surface area contributed by atoms with Crippen molar-refractivity contribution in [2.24, 2.45) is 0 Å². The standard InChI is InChI=1S/C18H22F3N3O3S/c19-18(20,21)17-11-15(2-1-13(17)12-22)23-14-3-7-24(8-4-14)28(25,26)16-5-9-27-10-6-16/h1-2,11,14,16,23H,3-10H2. The molecule has 0 spiro atoms. The predicted molar refractivity (Wildman–Crippen MR) is 97.1 cm³/mol. The van der Waals surface area contributed by atoms with Crippen molar-refractivity contribution < 1.29 is 26.3 Å². The summed E-state index contributed by atoms with van der Waals surface area (Å²) in [5.41, 5.74) is -1.12. The van der Waals surface area contributed by atoms with Crippen LogP contribution in [0.1, 0.15) is 36.8 Å². The van der Waals surface area contributed by atoms with Crippen molar-refractivity contribution in [1.29, 1.82) is 5.26 Å². The lowest BCUT2D eigenvalue weighted by atomic mass is 10.0. The van der Waals surface area contributed by atoms with E-state index in [2.05, 4.69) is 5.32 Å². The van der Waals surface area contributed by atoms with Gasteiger partial charge in [-0.2, -0.15) is 18.4 Å². The van der Waals surface area contributed by atoms with Crippen molar-refractivity contribution in [2.45, 2.75) is 43.2 Å². The van der Waals surface area contributed by atoms with Crippen molar-refractivity contribution in [3.63, 3.8) is 0 Å². The average molecular weight is 417 g/mol. The van der Waals surface area contributed by atoms with Gasteiger partial charge in [-0.15, -0.1) is 0 Å². The Bertz CT molecular complexity index is 838. The first-order valence-corrected chi connectivity index (χ1v) is 10.7. The van der Waals surface area contributed by atoms with Crippen LogP contribution in [0.4, 0.5) is 18.9 Å². The Morgan fingerprint density at radius 3 is 2.36 bits per heavy atom. The average Bonchev–Trinajstić information content (AvgIpc) is 2.68. The molecule has 6 nitrogen and oxygen atoms in total. The third-order valence-electron chi connectivity index (χ3n) is 5.22. The summed E-state index contributed by atoms with van der Waals surface area (Å²) in [4.78, 5) is 0. The maximum absolute atomic E-state index is 13.1. The van der Waals surface area contributed by atoms with E-state index in [1.165, 1.54) is 10.4 Å². The molecule has 0 amide bonds. The number of piperidine rings is 1. The number of nitriles is 1. The zero-order chi connectivity index (χ0) is 20.4. The molecule has 0 bridgehead atoms. The van der Waals surface area contributed by atoms with Gasteiger partial charge in [-0.3, -0.25) is 0 Å². The van der Waals surface area contributed by atoms with Crippen LogP contribution < -0.4 is 5.32 Å². The number of nitrogens with one attached hydrogen (secondary N) is 1. The summed E-state index contributed by atoms with van der Waals surface area (Å²) < 4.78 is 71.4. The number of alkyl halides is 3. The topological polar surface area (TPSA) is 82.4 Å². The molecule has 0 aliphatic carbocycles. The first-order chi connectivity index (χ1) is 13.2. The number of nitrogens with zero attached hydrogens (tertiary/aromatic N) is 2. The molecule has 10 heteroatoms. The molecule has 1 aromatic carbocycles. The summed E-state index contributed by atoms with van der Waals surface area (Å²) in [7, 11) is -3.38. The second-order valence-corrected chi connectivity index (χ2v) is 9.26. The van der Waals surface area contributed by atoms with Gasteiger partial charge in [0.25, 0.3) is 0 Å². The van der Waals surface area contributed by atoms with Gasteiger partial charge in [0, 0.05) is 38.0 Å². The van der Waals surface area contributed by atoms with Crippen LogP contribution in [0.25, 0.3) is 0 Å². The molecule has 2 saturated heterocycles. The van der Waals surface area contributed by atoms with Crippen LogP contribution in [0, 0.1) is 11.3 Å². The summed E-state index contributed by atoms with van der Waals surface area (Å²) in [5.74, 6) is 0. The molecule has 0 atom stereocenters. The molecule has 154 valence electrons. The Kier molecular flexibility index (Phi) is 6.17. The molecule has 1 aromatic rings. The van der Waals surface area contributed by atoms with Crippen LogP contribution in [-0.4, -0.2) is 50.3 Å². The van der Waals surface area contributed by atoms with Gasteiger partial charge in [0.1, 0.15) is 0 Å². The number of anilines is 1. The van der Waals surface area contributed by atoms with E-state index < -0.39 is 32.6 Å². The van der Waals surface area contributed by atoms with E-state index in [4.69, 9.17) is 10.00 Å². The SMILES string of the molecule is N#Cc1ccc(NC2CCN(S(=O)(=O)C3CCOCC3)CC2)cc1C(F)(F)F. The zero-order valence-corrected chi connectivity index (χ0v) is 16.0. The summed E-state index contributed by atoms with van der Waals surface area (Å²) in [5, 5.41) is 11.5. The monoisotopic (exact) mass is 417 g/mol. The van der Waals surface area contributed by atoms with E-state index in [-0.39, 0.29) is 11.7 Å². The van der Waals surface area contributed by atoms with Gasteiger partial charge in [0.2, 0.25) is 10.0 Å². The van der Waals surface area contributed by atoms with Crippen LogP contribution in [0.15, 0.2) is 18.2 Å². The van der Waals surface area contributed by atoms with E-state index in [1.807, 2.05) is 0 Å². The highest BCUT2D eigenvalue weighted by molar-refractivity contribution is 7.89. The van der Waals surface area contributed by atoms with Gasteiger partial charge in [-0.25, -0.2) is 12.7 Å². The highest BCUT2D eigenvalue weighted by atomic mass is 32.2. The Hall–Kier alpha value is -1.83. The molecule has 0 radical (unpaired) electrons. The smallest absolute Gasteiger partial charge is 0.382 e. The maximum Gasteiger partial charge on any atom is 0.417 e. The summed E-state index contributed by atoms with van der Waals surface area (Å²) in [6, 6.07) is 4.95. The first kappa shape index (κ1) is 20.9. The molecule has 3 rings (SSSR count). The van der Waals surface area contributed by atoms with Gasteiger partial charge in [-0.05, 0) is 43.9 Å². The van der Waals surface area contributed by atoms with E-state index in [0.717, 1.165) is 12.1 Å². The number of hydrogen-bond acceptors (Lipinski definition) is 5. The molecule has 2 aliphatic heterocycles. The lowest BCUT2D eigenvalue weighted by molar-refractivity contribution is -0.137. The minimum Gasteiger partial charge on any atom is -0.382 e. The van der Waals surface area contributed by atoms with Gasteiger partial charge in [-0.1, -0.05) is 0 Å². The van der Waals surface area contributed by atoms with Gasteiger partial charge in [0.05, 0.1) is 22.4 Å². The Balaban J connectivity index is 1.62. The normalized spacial score (nSPS) is 20.6. The fraction of sp³-hybridized carbons (Fsp3) is 0.611. The molecule has 1 N–H and O–H groups in total. The minimum absolute atomic E-state index is 0.129. The van der Waals surface area contributed by atoms with Crippen molar-refractivity contribution in [3.8, 4) is 6.07 Å². The van der Waals surface area contributed by atoms with Gasteiger partial charge >= 0.3 is 6.18 Å². The Labute approximate surface area is 162 Å². The third-order valence-corrected chi connectivity index (χ3v) is 7.62. The predicted octanol–water partition coefficient (Wildman–Crippen LogP) is 2.96. The van der Waals surface area contributed by atoms with Crippen molar-refractivity contribution in [3.05, 3.63) is 29.3 Å². The lowest BCUT2D eigenvalue weighted by Crippen LogP contribution is -2.47. The number of hydrogen-bond donors (Lipinski definition) is 1. The highest BCUT2D eigenvalue weighted by Gasteiger charge is 2.36. The molecule has 28 heavy (non-hydrogen) atoms. The summed E-state index contributed by atoms with van der Waals surface area (Å²) in [6.45, 7) is 1.56. The number of ether oxygens (including phenoxy) is 1. The first-order valence-electron chi connectivity index (χ1n) is 9.16. The van der Waals surface area contributed by atoms with Crippen LogP contribution in [-0.2, 0) is 20.9 Å². The molecule has 2 heterocycles. The Morgan fingerprint density at radius 2 is 1.79 bits per heavy atom. The number of sulfonamides is 1. The van der Waals surface area contributed by atoms with Crippen LogP contribution in [0.5, 0.6) is 0 Å². The van der Waals surface area contributed by atoms with Crippen LogP contribution in [0.3, 0.4) is 0 Å². The number of benzene rings is 1. The van der Waals surface area contributed by atoms with E-state index in [1.54, 1.807) is 6.07 Å². The summed E-state index contributed by atoms with van der Waals surface area (Å²) in [6.07, 6.45) is -2.62. The fourth-order valence-corrected chi connectivity index (χ4v) is 5.57. The van der Waals surface area contributed by atoms with E-state index in [9.17, 15) is 21.6 Å². The van der Waals surface area contributed by atoms with E-state index >= 15 is 0 Å². The molecule has 2 fully saturated rings. The Morgan fingerprint density at radius 1 is 1.14 bits per heavy atom. The largest absolute Gasteiger partial charge is 0.417 e. The van der Waals surface area contributed by atoms with E-state index in [0.29, 0.717) is 52.0 Å². The van der Waals surface area contributed by atoms with Crippen molar-refractivity contribution >= 4 is 15.7 Å². The molecule has 0 aromatic heterocycles. The second kappa shape index (κ2) is 8.27. The minimum atomic E-state index is -4.61. The van der Waals surface area contributed by atoms with Crippen LogP contribution in [0.2, 0.25) is 0 Å². The zero-order valence-electron chi connectivity index (χ0n) is 15.2. The van der Waals surface area contributed by atoms with Gasteiger partial charge in [0.15, 0.2) is 0 Å². The van der Waals surface area contributed by atoms with Crippen molar-refractivity contribution in [2.75, 3.05) is 31.6 Å². The molecule has 0 unspecified atom stereocenters. The quantitative estimate of drug-likeness (QED) is 0.815. The fourth-order valence-electron chi connectivity index (χ4n) is 3.64. The lowest BCUT2D eigenvalue weighted by Gasteiger charge is -2.35. The van der Waals surface area contributed by atoms with Crippen molar-refractivity contribution in [1.82, 2.24) is 4.31 Å². The van der Waals surface area contributed by atoms with Crippen LogP contribution >= 0.6 is 0 Å². The second-order valence-electron chi connectivity index (χ2n) is 7.04. The highest BCUT2D eigenvalue weighted by Crippen LogP contribution is 2.34. The number of rotatable bonds is 4. The summed E-state index contributed by atoms with van der Waals surface area (Å²) >= 11 is 0. The third kappa shape index (κ3) is 4.59. The number of halogens is 3. The molecule has 0 saturated carbocycles. The molecular formula is C18H22F3N3O3S. The van der Waals surface area contributed by atoms with Gasteiger partial charge < -0.3 is 10.1 Å². The maximum atomic E-state index is 13.1. The molecule has 2 aliphatic rings.